The molecule has 2 aromatic carbocycles. The second kappa shape index (κ2) is 6.66. The van der Waals surface area contributed by atoms with Crippen molar-refractivity contribution in [1.29, 1.82) is 0 Å². The molecule has 20 heavy (non-hydrogen) atoms. The molecule has 0 aliphatic heterocycles. The van der Waals surface area contributed by atoms with Crippen LogP contribution in [0.4, 0.5) is 0 Å². The van der Waals surface area contributed by atoms with Gasteiger partial charge in [-0.3, -0.25) is 4.79 Å². The minimum atomic E-state index is -0.386. The van der Waals surface area contributed by atoms with Gasteiger partial charge in [0.25, 0.3) is 0 Å². The maximum absolute atomic E-state index is 12.0. The summed E-state index contributed by atoms with van der Waals surface area (Å²) in [5.41, 5.74) is 1.48. The molecule has 0 bridgehead atoms. The van der Waals surface area contributed by atoms with Crippen molar-refractivity contribution in [2.45, 2.75) is 19.4 Å². The van der Waals surface area contributed by atoms with Crippen molar-refractivity contribution >= 4 is 12.0 Å². The van der Waals surface area contributed by atoms with Crippen molar-refractivity contribution in [3.05, 3.63) is 77.0 Å². The average Bonchev–Trinajstić information content (AvgIpc) is 2.49. The molecule has 3 nitrogen and oxygen atoms in total. The number of benzene rings is 2. The Hall–Kier alpha value is -2.42. The zero-order valence-electron chi connectivity index (χ0n) is 11.4. The molecule has 0 fully saturated rings. The summed E-state index contributed by atoms with van der Waals surface area (Å²) in [6.07, 6.45) is 1.72. The van der Waals surface area contributed by atoms with Gasteiger partial charge in [-0.15, -0.1) is 0 Å². The van der Waals surface area contributed by atoms with Crippen LogP contribution in [0, 0.1) is 5.21 Å². The number of hydrogen-bond donors (Lipinski definition) is 0. The summed E-state index contributed by atoms with van der Waals surface area (Å²) in [5, 5.41) is 12.0. The lowest BCUT2D eigenvalue weighted by atomic mass is 10.0. The third kappa shape index (κ3) is 3.79. The van der Waals surface area contributed by atoms with E-state index >= 15 is 0 Å². The number of ketones is 1. The number of carbonyl (C=O) groups excluding carboxylic acids is 1. The molecule has 0 amide bonds. The third-order valence-corrected chi connectivity index (χ3v) is 3.09. The molecular formula is C17H17NO2. The molecule has 0 heterocycles. The first-order chi connectivity index (χ1) is 9.66. The van der Waals surface area contributed by atoms with Crippen LogP contribution in [-0.2, 0) is 0 Å². The number of carbonyl (C=O) groups is 1. The molecule has 0 saturated heterocycles. The monoisotopic (exact) mass is 267 g/mol. The Kier molecular flexibility index (Phi) is 4.66. The molecule has 2 rings (SSSR count). The van der Waals surface area contributed by atoms with E-state index in [9.17, 15) is 10.0 Å². The first-order valence-corrected chi connectivity index (χ1v) is 6.60. The molecule has 0 aliphatic rings. The van der Waals surface area contributed by atoms with Crippen LogP contribution in [0.3, 0.4) is 0 Å². The summed E-state index contributed by atoms with van der Waals surface area (Å²) in [4.78, 5) is 12.0. The van der Waals surface area contributed by atoms with Crippen LogP contribution in [-0.4, -0.2) is 22.8 Å². The van der Waals surface area contributed by atoms with Crippen molar-refractivity contribution in [1.82, 2.24) is 0 Å². The molecule has 0 aromatic heterocycles. The fraction of sp³-hybridized carbons (Fsp3) is 0.176. The predicted octanol–water partition coefficient (Wildman–Crippen LogP) is 3.28. The first-order valence-electron chi connectivity index (χ1n) is 6.60. The molecule has 0 saturated carbocycles. The van der Waals surface area contributed by atoms with Gasteiger partial charge in [-0.2, -0.15) is 0 Å². The summed E-state index contributed by atoms with van der Waals surface area (Å²) >= 11 is 0. The molecule has 3 heteroatoms. The summed E-state index contributed by atoms with van der Waals surface area (Å²) in [5.74, 6) is -0.0135. The minimum absolute atomic E-state index is 0.0135. The highest BCUT2D eigenvalue weighted by Crippen LogP contribution is 2.07. The molecule has 0 aliphatic carbocycles. The second-order valence-electron chi connectivity index (χ2n) is 4.74. The van der Waals surface area contributed by atoms with E-state index in [-0.39, 0.29) is 18.2 Å². The second-order valence-corrected chi connectivity index (χ2v) is 4.74. The number of rotatable bonds is 5. The third-order valence-electron chi connectivity index (χ3n) is 3.09. The van der Waals surface area contributed by atoms with Gasteiger partial charge in [0.15, 0.2) is 18.0 Å². The quantitative estimate of drug-likeness (QED) is 0.274. The Morgan fingerprint density at radius 3 is 2.25 bits per heavy atom. The number of hydroxylamine groups is 1. The Bertz CT molecular complexity index is 591. The van der Waals surface area contributed by atoms with Gasteiger partial charge in [-0.05, 0) is 19.1 Å². The summed E-state index contributed by atoms with van der Waals surface area (Å²) in [6.45, 7) is 1.76. The maximum Gasteiger partial charge on any atom is 0.182 e. The van der Waals surface area contributed by atoms with Gasteiger partial charge in [0.1, 0.15) is 0 Å². The highest BCUT2D eigenvalue weighted by atomic mass is 16.5. The van der Waals surface area contributed by atoms with Crippen molar-refractivity contribution < 1.29 is 9.53 Å². The summed E-state index contributed by atoms with van der Waals surface area (Å²) < 4.78 is 0.843. The average molecular weight is 267 g/mol. The van der Waals surface area contributed by atoms with Crippen molar-refractivity contribution in [2.75, 3.05) is 0 Å². The van der Waals surface area contributed by atoms with Crippen LogP contribution >= 0.6 is 0 Å². The van der Waals surface area contributed by atoms with Crippen LogP contribution in [0.15, 0.2) is 60.7 Å². The lowest BCUT2D eigenvalue weighted by Gasteiger charge is -2.12. The smallest absolute Gasteiger partial charge is 0.182 e. The largest absolute Gasteiger partial charge is 0.624 e. The predicted molar refractivity (Wildman–Crippen MR) is 80.1 cm³/mol. The van der Waals surface area contributed by atoms with Crippen LogP contribution in [0.25, 0.3) is 0 Å². The standard InChI is InChI=1S/C17H17NO2/c1-14(12-17(19)16-10-6-3-7-11-16)18(20)13-15-8-4-2-5-9-15/h2-11,13-14H,12H2,1H3. The first kappa shape index (κ1) is 14.0. The Labute approximate surface area is 118 Å². The highest BCUT2D eigenvalue weighted by Gasteiger charge is 2.16. The highest BCUT2D eigenvalue weighted by molar-refractivity contribution is 5.96. The van der Waals surface area contributed by atoms with Gasteiger partial charge in [-0.1, -0.05) is 48.5 Å². The SMILES string of the molecule is CC(CC(=O)c1ccccc1)[N+]([O-])=Cc1ccccc1. The van der Waals surface area contributed by atoms with Gasteiger partial charge in [0.2, 0.25) is 0 Å². The van der Waals surface area contributed by atoms with Crippen LogP contribution in [0.2, 0.25) is 0 Å². The normalized spacial score (nSPS) is 12.9. The topological polar surface area (TPSA) is 43.1 Å². The number of Topliss-reactive ketones (excluding diaryl/α,β-unsaturated/α-hetero) is 1. The van der Waals surface area contributed by atoms with E-state index < -0.39 is 0 Å². The van der Waals surface area contributed by atoms with Crippen molar-refractivity contribution in [3.63, 3.8) is 0 Å². The van der Waals surface area contributed by atoms with E-state index in [4.69, 9.17) is 0 Å². The van der Waals surface area contributed by atoms with Crippen LogP contribution < -0.4 is 0 Å². The summed E-state index contributed by atoms with van der Waals surface area (Å²) in [7, 11) is 0. The maximum atomic E-state index is 12.0. The zero-order valence-corrected chi connectivity index (χ0v) is 11.4. The fourth-order valence-corrected chi connectivity index (χ4v) is 1.91. The Morgan fingerprint density at radius 2 is 1.65 bits per heavy atom. The van der Waals surface area contributed by atoms with Crippen molar-refractivity contribution in [3.8, 4) is 0 Å². The molecule has 102 valence electrons. The molecule has 1 atom stereocenters. The van der Waals surface area contributed by atoms with E-state index in [0.717, 1.165) is 10.3 Å². The van der Waals surface area contributed by atoms with Crippen molar-refractivity contribution in [2.24, 2.45) is 0 Å². The molecule has 0 N–H and O–H groups in total. The lowest BCUT2D eigenvalue weighted by Crippen LogP contribution is -2.22. The van der Waals surface area contributed by atoms with E-state index in [1.54, 1.807) is 19.1 Å². The molecular weight excluding hydrogens is 250 g/mol. The Balaban J connectivity index is 2.03. The van der Waals surface area contributed by atoms with Gasteiger partial charge >= 0.3 is 0 Å². The Morgan fingerprint density at radius 1 is 1.10 bits per heavy atom. The van der Waals surface area contributed by atoms with E-state index in [1.165, 1.54) is 6.21 Å². The van der Waals surface area contributed by atoms with Gasteiger partial charge in [-0.25, -0.2) is 4.74 Å². The van der Waals surface area contributed by atoms with E-state index in [0.29, 0.717) is 5.56 Å². The minimum Gasteiger partial charge on any atom is -0.624 e. The molecule has 2 aromatic rings. The van der Waals surface area contributed by atoms with Gasteiger partial charge < -0.3 is 5.21 Å². The van der Waals surface area contributed by atoms with Gasteiger partial charge in [0, 0.05) is 11.1 Å². The molecule has 0 radical (unpaired) electrons. The number of hydrogen-bond acceptors (Lipinski definition) is 2. The molecule has 0 spiro atoms. The fourth-order valence-electron chi connectivity index (χ4n) is 1.91. The summed E-state index contributed by atoms with van der Waals surface area (Å²) in [6, 6.07) is 18.0. The number of nitrogens with zero attached hydrogens (tertiary/aromatic N) is 1. The molecule has 1 unspecified atom stereocenters. The zero-order chi connectivity index (χ0) is 14.4. The lowest BCUT2D eigenvalue weighted by molar-refractivity contribution is -0.490. The van der Waals surface area contributed by atoms with Gasteiger partial charge in [0.05, 0.1) is 6.42 Å². The van der Waals surface area contributed by atoms with Crippen LogP contribution in [0.1, 0.15) is 29.3 Å². The van der Waals surface area contributed by atoms with Crippen LogP contribution in [0.5, 0.6) is 0 Å². The van der Waals surface area contributed by atoms with E-state index in [1.807, 2.05) is 48.5 Å². The van der Waals surface area contributed by atoms with E-state index in [2.05, 4.69) is 0 Å².